The van der Waals surface area contributed by atoms with Crippen molar-refractivity contribution in [1.82, 2.24) is 5.32 Å². The summed E-state index contributed by atoms with van der Waals surface area (Å²) in [6, 6.07) is 0.507. The van der Waals surface area contributed by atoms with Crippen LogP contribution in [0.4, 0.5) is 0 Å². The fraction of sp³-hybridized carbons (Fsp3) is 0.556. The van der Waals surface area contributed by atoms with Gasteiger partial charge in [-0.15, -0.1) is 18.2 Å². The van der Waals surface area contributed by atoms with Gasteiger partial charge in [-0.2, -0.15) is 0 Å². The number of rotatable bonds is 6. The van der Waals surface area contributed by atoms with E-state index in [1.165, 1.54) is 0 Å². The predicted molar refractivity (Wildman–Crippen MR) is 52.1 cm³/mol. The van der Waals surface area contributed by atoms with Gasteiger partial charge >= 0.3 is 0 Å². The monoisotopic (exact) mass is 173 g/mol. The van der Waals surface area contributed by atoms with Gasteiger partial charge in [0.15, 0.2) is 0 Å². The van der Waals surface area contributed by atoms with E-state index < -0.39 is 0 Å². The third-order valence-corrected chi connectivity index (χ3v) is 1.54. The Kier molecular flexibility index (Phi) is 7.64. The predicted octanol–water partition coefficient (Wildman–Crippen LogP) is 2.34. The molecule has 0 aromatic carbocycles. The molecule has 0 aliphatic rings. The highest BCUT2D eigenvalue weighted by Crippen LogP contribution is 1.89. The van der Waals surface area contributed by atoms with E-state index in [0.717, 1.165) is 13.0 Å². The molecule has 0 aliphatic carbocycles. The molecule has 0 bridgehead atoms. The van der Waals surface area contributed by atoms with Crippen LogP contribution in [0.15, 0.2) is 24.8 Å². The van der Waals surface area contributed by atoms with Crippen LogP contribution in [-0.2, 0) is 0 Å². The average Bonchev–Trinajstić information content (AvgIpc) is 1.99. The second kappa shape index (κ2) is 7.83. The lowest BCUT2D eigenvalue weighted by molar-refractivity contribution is 0.590. The maximum Gasteiger partial charge on any atom is 0.0404 e. The van der Waals surface area contributed by atoms with Crippen LogP contribution in [0.2, 0.25) is 0 Å². The van der Waals surface area contributed by atoms with E-state index in [1.54, 1.807) is 0 Å². The van der Waals surface area contributed by atoms with Gasteiger partial charge in [-0.1, -0.05) is 18.2 Å². The van der Waals surface area contributed by atoms with Gasteiger partial charge in [-0.3, -0.25) is 0 Å². The Morgan fingerprint density at radius 3 is 2.82 bits per heavy atom. The van der Waals surface area contributed by atoms with Crippen molar-refractivity contribution < 1.29 is 0 Å². The number of halogens is 1. The molecular weight excluding hydrogens is 158 g/mol. The zero-order valence-electron chi connectivity index (χ0n) is 7.02. The molecule has 0 fully saturated rings. The Balaban J connectivity index is 3.22. The van der Waals surface area contributed by atoms with E-state index in [2.05, 4.69) is 18.8 Å². The van der Waals surface area contributed by atoms with Crippen molar-refractivity contribution in [3.05, 3.63) is 24.8 Å². The minimum Gasteiger partial charge on any atom is -0.310 e. The maximum absolute atomic E-state index is 5.45. The number of hydrogen-bond acceptors (Lipinski definition) is 1. The second-order valence-corrected chi connectivity index (χ2v) is 2.77. The summed E-state index contributed by atoms with van der Waals surface area (Å²) in [5.41, 5.74) is 0. The van der Waals surface area contributed by atoms with Crippen LogP contribution in [0.3, 0.4) is 0 Å². The first kappa shape index (κ1) is 10.7. The molecule has 1 nitrogen and oxygen atoms in total. The molecule has 1 N–H and O–H groups in total. The summed E-state index contributed by atoms with van der Waals surface area (Å²) in [6.45, 7) is 6.69. The first-order chi connectivity index (χ1) is 5.31. The summed E-state index contributed by atoms with van der Waals surface area (Å²) in [6.07, 6.45) is 6.90. The molecule has 0 aromatic rings. The molecule has 64 valence electrons. The normalized spacial score (nSPS) is 13.6. The zero-order valence-corrected chi connectivity index (χ0v) is 7.77. The van der Waals surface area contributed by atoms with Crippen LogP contribution in [0.5, 0.6) is 0 Å². The third kappa shape index (κ3) is 7.63. The van der Waals surface area contributed by atoms with Gasteiger partial charge in [0, 0.05) is 18.5 Å². The molecule has 0 spiro atoms. The Morgan fingerprint density at radius 2 is 2.27 bits per heavy atom. The molecule has 0 aromatic heterocycles. The zero-order chi connectivity index (χ0) is 8.53. The first-order valence-electron chi connectivity index (χ1n) is 3.86. The summed E-state index contributed by atoms with van der Waals surface area (Å²) in [5.74, 6) is 0.595. The van der Waals surface area contributed by atoms with Crippen molar-refractivity contribution in [2.24, 2.45) is 0 Å². The molecule has 1 unspecified atom stereocenters. The van der Waals surface area contributed by atoms with Crippen LogP contribution >= 0.6 is 11.6 Å². The van der Waals surface area contributed by atoms with E-state index in [0.29, 0.717) is 11.9 Å². The molecule has 0 radical (unpaired) electrons. The highest BCUT2D eigenvalue weighted by Gasteiger charge is 1.93. The van der Waals surface area contributed by atoms with Crippen LogP contribution in [0.1, 0.15) is 13.3 Å². The van der Waals surface area contributed by atoms with Crippen molar-refractivity contribution in [3.63, 3.8) is 0 Å². The summed E-state index contributed by atoms with van der Waals surface area (Å²) >= 11 is 5.45. The molecule has 0 amide bonds. The quantitative estimate of drug-likeness (QED) is 0.480. The van der Waals surface area contributed by atoms with Crippen LogP contribution in [0, 0.1) is 0 Å². The largest absolute Gasteiger partial charge is 0.310 e. The molecule has 0 saturated heterocycles. The first-order valence-corrected chi connectivity index (χ1v) is 4.40. The SMILES string of the molecule is C=CCC(C)NC/C=C/CCl. The summed E-state index contributed by atoms with van der Waals surface area (Å²) in [4.78, 5) is 0. The highest BCUT2D eigenvalue weighted by molar-refractivity contribution is 6.18. The molecule has 0 rings (SSSR count). The second-order valence-electron chi connectivity index (χ2n) is 2.46. The maximum atomic E-state index is 5.45. The number of hydrogen-bond donors (Lipinski definition) is 1. The summed E-state index contributed by atoms with van der Waals surface area (Å²) in [5, 5.41) is 3.30. The van der Waals surface area contributed by atoms with Crippen molar-refractivity contribution in [3.8, 4) is 0 Å². The Labute approximate surface area is 74.1 Å². The van der Waals surface area contributed by atoms with Crippen molar-refractivity contribution in [2.75, 3.05) is 12.4 Å². The van der Waals surface area contributed by atoms with E-state index in [9.17, 15) is 0 Å². The Hall–Kier alpha value is -0.270. The van der Waals surface area contributed by atoms with Gasteiger partial charge < -0.3 is 5.32 Å². The third-order valence-electron chi connectivity index (χ3n) is 1.36. The van der Waals surface area contributed by atoms with E-state index >= 15 is 0 Å². The van der Waals surface area contributed by atoms with Gasteiger partial charge in [-0.25, -0.2) is 0 Å². The van der Waals surface area contributed by atoms with Gasteiger partial charge in [0.2, 0.25) is 0 Å². The van der Waals surface area contributed by atoms with E-state index in [-0.39, 0.29) is 0 Å². The van der Waals surface area contributed by atoms with Crippen molar-refractivity contribution >= 4 is 11.6 Å². The molecule has 0 aliphatic heterocycles. The number of nitrogens with one attached hydrogen (secondary N) is 1. The Bertz CT molecular complexity index is 121. The van der Waals surface area contributed by atoms with Crippen LogP contribution in [-0.4, -0.2) is 18.5 Å². The lowest BCUT2D eigenvalue weighted by Crippen LogP contribution is -2.25. The molecule has 11 heavy (non-hydrogen) atoms. The average molecular weight is 174 g/mol. The number of alkyl halides is 1. The van der Waals surface area contributed by atoms with Gasteiger partial charge in [0.25, 0.3) is 0 Å². The van der Waals surface area contributed by atoms with E-state index in [1.807, 2.05) is 18.2 Å². The summed E-state index contributed by atoms with van der Waals surface area (Å²) < 4.78 is 0. The minimum absolute atomic E-state index is 0.507. The molecule has 2 heteroatoms. The van der Waals surface area contributed by atoms with Gasteiger partial charge in [-0.05, 0) is 13.3 Å². The highest BCUT2D eigenvalue weighted by atomic mass is 35.5. The molecule has 0 saturated carbocycles. The standard InChI is InChI=1S/C9H16ClN/c1-3-6-9(2)11-8-5-4-7-10/h3-5,9,11H,1,6-8H2,2H3/b5-4+. The van der Waals surface area contributed by atoms with Gasteiger partial charge in [0.05, 0.1) is 0 Å². The molecule has 0 heterocycles. The summed E-state index contributed by atoms with van der Waals surface area (Å²) in [7, 11) is 0. The lowest BCUT2D eigenvalue weighted by Gasteiger charge is -2.08. The smallest absolute Gasteiger partial charge is 0.0404 e. The van der Waals surface area contributed by atoms with Crippen LogP contribution < -0.4 is 5.32 Å². The molecular formula is C9H16ClN. The topological polar surface area (TPSA) is 12.0 Å². The molecule has 1 atom stereocenters. The lowest BCUT2D eigenvalue weighted by atomic mass is 10.2. The minimum atomic E-state index is 0.507. The van der Waals surface area contributed by atoms with Crippen LogP contribution in [0.25, 0.3) is 0 Å². The fourth-order valence-corrected chi connectivity index (χ4v) is 0.875. The van der Waals surface area contributed by atoms with Crippen molar-refractivity contribution in [1.29, 1.82) is 0 Å². The Morgan fingerprint density at radius 1 is 1.55 bits per heavy atom. The van der Waals surface area contributed by atoms with Crippen molar-refractivity contribution in [2.45, 2.75) is 19.4 Å². The van der Waals surface area contributed by atoms with Gasteiger partial charge in [0.1, 0.15) is 0 Å². The number of allylic oxidation sites excluding steroid dienone is 1. The van der Waals surface area contributed by atoms with E-state index in [4.69, 9.17) is 11.6 Å². The fourth-order valence-electron chi connectivity index (χ4n) is 0.749.